The van der Waals surface area contributed by atoms with Gasteiger partial charge in [0.05, 0.1) is 79.3 Å². The lowest BCUT2D eigenvalue weighted by Crippen LogP contribution is -2.10. The van der Waals surface area contributed by atoms with Crippen molar-refractivity contribution in [2.45, 2.75) is 0 Å². The molecule has 6 aromatic heterocycles. The van der Waals surface area contributed by atoms with E-state index < -0.39 is 0 Å². The number of pyridine rings is 2. The Balaban J connectivity index is 1.19. The average Bonchev–Trinajstić information content (AvgIpc) is 4.09. The zero-order valence-corrected chi connectivity index (χ0v) is 34.5. The molecule has 0 amide bonds. The standard InChI is InChI=1S/C58H36N6/c1-2-16-38(17-3-1)61-56-35-59-31-30-45(56)46-34-47(60-36-57(46)61)37-32-54(62-48-24-10-4-18-39(48)40-19-5-11-25-49(40)62)58(64-52-28-14-8-22-43(52)44-23-9-15-29-53(44)64)55(33-37)63-50-26-12-6-20-41(50)42-21-7-13-27-51(42)63/h1-36H. The molecule has 14 rings (SSSR count). The van der Waals surface area contributed by atoms with Crippen LogP contribution in [0.1, 0.15) is 0 Å². The van der Waals surface area contributed by atoms with Crippen LogP contribution in [0.5, 0.6) is 0 Å². The van der Waals surface area contributed by atoms with E-state index in [0.29, 0.717) is 0 Å². The molecule has 0 aliphatic carbocycles. The maximum atomic E-state index is 5.38. The molecule has 0 spiro atoms. The molecule has 0 unspecified atom stereocenters. The second-order valence-corrected chi connectivity index (χ2v) is 16.6. The van der Waals surface area contributed by atoms with E-state index in [-0.39, 0.29) is 0 Å². The highest BCUT2D eigenvalue weighted by molar-refractivity contribution is 6.14. The van der Waals surface area contributed by atoms with Crippen molar-refractivity contribution in [3.05, 3.63) is 219 Å². The van der Waals surface area contributed by atoms with Gasteiger partial charge in [0.15, 0.2) is 0 Å². The molecule has 6 heteroatoms. The minimum Gasteiger partial charge on any atom is -0.307 e. The Morgan fingerprint density at radius 3 is 1.16 bits per heavy atom. The Morgan fingerprint density at radius 1 is 0.297 bits per heavy atom. The molecule has 0 bridgehead atoms. The summed E-state index contributed by atoms with van der Waals surface area (Å²) in [6, 6.07) is 72.5. The monoisotopic (exact) mass is 816 g/mol. The molecule has 0 radical (unpaired) electrons. The van der Waals surface area contributed by atoms with Gasteiger partial charge in [-0.15, -0.1) is 0 Å². The summed E-state index contributed by atoms with van der Waals surface area (Å²) >= 11 is 0. The van der Waals surface area contributed by atoms with Crippen LogP contribution >= 0.6 is 0 Å². The Morgan fingerprint density at radius 2 is 0.688 bits per heavy atom. The maximum absolute atomic E-state index is 5.38. The molecular formula is C58H36N6. The normalized spacial score (nSPS) is 12.1. The third-order valence-corrected chi connectivity index (χ3v) is 13.3. The first-order valence-corrected chi connectivity index (χ1v) is 21.7. The SMILES string of the molecule is c1ccc(-n2c3cnccc3c3cc(-c4cc(-n5c6ccccc6c6ccccc65)c(-n5c6ccccc6c6ccccc65)c(-n5c6ccccc6c6ccccc65)c4)ncc32)cc1. The first-order chi connectivity index (χ1) is 31.8. The lowest BCUT2D eigenvalue weighted by Gasteiger charge is -2.23. The molecule has 14 aromatic rings. The van der Waals surface area contributed by atoms with Crippen LogP contribution in [0.4, 0.5) is 0 Å². The van der Waals surface area contributed by atoms with Gasteiger partial charge in [-0.25, -0.2) is 0 Å². The fourth-order valence-corrected chi connectivity index (χ4v) is 10.6. The highest BCUT2D eigenvalue weighted by atomic mass is 15.1. The van der Waals surface area contributed by atoms with Gasteiger partial charge in [0.25, 0.3) is 0 Å². The molecular weight excluding hydrogens is 781 g/mol. The van der Waals surface area contributed by atoms with Crippen molar-refractivity contribution in [3.63, 3.8) is 0 Å². The van der Waals surface area contributed by atoms with Crippen LogP contribution in [0.3, 0.4) is 0 Å². The molecule has 8 aromatic carbocycles. The van der Waals surface area contributed by atoms with E-state index in [0.717, 1.165) is 88.9 Å². The predicted octanol–water partition coefficient (Wildman–Crippen LogP) is 14.5. The molecule has 64 heavy (non-hydrogen) atoms. The first kappa shape index (κ1) is 34.9. The molecule has 0 aliphatic heterocycles. The summed E-state index contributed by atoms with van der Waals surface area (Å²) < 4.78 is 9.74. The van der Waals surface area contributed by atoms with E-state index in [1.807, 2.05) is 18.6 Å². The molecule has 0 saturated heterocycles. The van der Waals surface area contributed by atoms with Gasteiger partial charge in [0, 0.05) is 60.5 Å². The van der Waals surface area contributed by atoms with Crippen LogP contribution in [0.15, 0.2) is 219 Å². The van der Waals surface area contributed by atoms with Crippen molar-refractivity contribution < 1.29 is 0 Å². The second kappa shape index (κ2) is 13.4. The third kappa shape index (κ3) is 4.85. The van der Waals surface area contributed by atoms with Crippen LogP contribution in [0.25, 0.3) is 121 Å². The van der Waals surface area contributed by atoms with Gasteiger partial charge < -0.3 is 18.3 Å². The molecule has 0 saturated carbocycles. The summed E-state index contributed by atoms with van der Waals surface area (Å²) in [6.45, 7) is 0. The zero-order chi connectivity index (χ0) is 41.9. The van der Waals surface area contributed by atoms with Crippen LogP contribution in [-0.2, 0) is 0 Å². The topological polar surface area (TPSA) is 45.5 Å². The van der Waals surface area contributed by atoms with E-state index in [1.54, 1.807) is 0 Å². The number of benzene rings is 8. The quantitative estimate of drug-likeness (QED) is 0.174. The van der Waals surface area contributed by atoms with Crippen LogP contribution in [0.2, 0.25) is 0 Å². The third-order valence-electron chi connectivity index (χ3n) is 13.3. The summed E-state index contributed by atoms with van der Waals surface area (Å²) in [5.74, 6) is 0. The largest absolute Gasteiger partial charge is 0.307 e. The van der Waals surface area contributed by atoms with Crippen molar-refractivity contribution >= 4 is 87.2 Å². The van der Waals surface area contributed by atoms with E-state index in [4.69, 9.17) is 4.98 Å². The van der Waals surface area contributed by atoms with Crippen LogP contribution in [0, 0.1) is 0 Å². The number of nitrogens with zero attached hydrogens (tertiary/aromatic N) is 6. The maximum Gasteiger partial charge on any atom is 0.0947 e. The van der Waals surface area contributed by atoms with Gasteiger partial charge in [-0.2, -0.15) is 0 Å². The van der Waals surface area contributed by atoms with Crippen molar-refractivity contribution in [1.29, 1.82) is 0 Å². The summed E-state index contributed by atoms with van der Waals surface area (Å²) in [7, 11) is 0. The molecule has 6 heterocycles. The number of hydrogen-bond acceptors (Lipinski definition) is 2. The zero-order valence-electron chi connectivity index (χ0n) is 34.5. The van der Waals surface area contributed by atoms with Crippen molar-refractivity contribution in [2.24, 2.45) is 0 Å². The number of para-hydroxylation sites is 7. The predicted molar refractivity (Wildman–Crippen MR) is 265 cm³/mol. The van der Waals surface area contributed by atoms with Gasteiger partial charge in [0.2, 0.25) is 0 Å². The number of aromatic nitrogens is 6. The molecule has 0 fully saturated rings. The van der Waals surface area contributed by atoms with Gasteiger partial charge in [0.1, 0.15) is 0 Å². The molecule has 0 N–H and O–H groups in total. The van der Waals surface area contributed by atoms with E-state index in [2.05, 4.69) is 223 Å². The fraction of sp³-hybridized carbons (Fsp3) is 0. The number of fused-ring (bicyclic) bond motifs is 12. The van der Waals surface area contributed by atoms with Crippen molar-refractivity contribution in [3.8, 4) is 34.0 Å². The first-order valence-electron chi connectivity index (χ1n) is 21.7. The van der Waals surface area contributed by atoms with Gasteiger partial charge in [-0.05, 0) is 72.8 Å². The fourth-order valence-electron chi connectivity index (χ4n) is 10.6. The minimum absolute atomic E-state index is 0.884. The summed E-state index contributed by atoms with van der Waals surface area (Å²) in [5, 5.41) is 9.49. The van der Waals surface area contributed by atoms with Crippen LogP contribution in [-0.4, -0.2) is 28.2 Å². The van der Waals surface area contributed by atoms with Crippen LogP contribution < -0.4 is 0 Å². The average molecular weight is 817 g/mol. The molecule has 0 aliphatic rings. The Kier molecular flexibility index (Phi) is 7.30. The summed E-state index contributed by atoms with van der Waals surface area (Å²) in [4.78, 5) is 9.96. The highest BCUT2D eigenvalue weighted by Crippen LogP contribution is 2.45. The number of rotatable bonds is 5. The highest BCUT2D eigenvalue weighted by Gasteiger charge is 2.26. The molecule has 298 valence electrons. The Labute approximate surface area is 366 Å². The van der Waals surface area contributed by atoms with Crippen molar-refractivity contribution in [2.75, 3.05) is 0 Å². The Bertz CT molecular complexity index is 3910. The smallest absolute Gasteiger partial charge is 0.0947 e. The van der Waals surface area contributed by atoms with E-state index >= 15 is 0 Å². The van der Waals surface area contributed by atoms with Gasteiger partial charge in [-0.1, -0.05) is 127 Å². The lowest BCUT2D eigenvalue weighted by atomic mass is 10.0. The molecule has 0 atom stereocenters. The van der Waals surface area contributed by atoms with E-state index in [9.17, 15) is 0 Å². The van der Waals surface area contributed by atoms with Gasteiger partial charge in [-0.3, -0.25) is 9.97 Å². The summed E-state index contributed by atoms with van der Waals surface area (Å²) in [6.07, 6.45) is 5.89. The summed E-state index contributed by atoms with van der Waals surface area (Å²) in [5.41, 5.74) is 15.0. The molecule has 6 nitrogen and oxygen atoms in total. The lowest BCUT2D eigenvalue weighted by molar-refractivity contribution is 1.05. The number of hydrogen-bond donors (Lipinski definition) is 0. The van der Waals surface area contributed by atoms with Gasteiger partial charge >= 0.3 is 0 Å². The minimum atomic E-state index is 0.884. The van der Waals surface area contributed by atoms with E-state index in [1.165, 1.54) is 32.3 Å². The Hall–Kier alpha value is -8.74. The van der Waals surface area contributed by atoms with Crippen molar-refractivity contribution in [1.82, 2.24) is 28.2 Å². The second-order valence-electron chi connectivity index (χ2n) is 16.6.